The van der Waals surface area contributed by atoms with Gasteiger partial charge in [-0.05, 0) is 50.1 Å². The highest BCUT2D eigenvalue weighted by atomic mass is 35.5. The third-order valence-electron chi connectivity index (χ3n) is 5.19. The lowest BCUT2D eigenvalue weighted by Crippen LogP contribution is -2.46. The molecule has 1 aliphatic heterocycles. The molecule has 2 N–H and O–H groups in total. The number of hydrogen-bond donors (Lipinski definition) is 1. The van der Waals surface area contributed by atoms with Gasteiger partial charge < -0.3 is 15.5 Å². The number of carbonyl (C=O) groups is 1. The molecule has 0 radical (unpaired) electrons. The third-order valence-corrected chi connectivity index (χ3v) is 5.51. The highest BCUT2D eigenvalue weighted by Gasteiger charge is 2.26. The Kier molecular flexibility index (Phi) is 6.17. The first-order valence-corrected chi connectivity index (χ1v) is 9.51. The van der Waals surface area contributed by atoms with E-state index in [0.717, 1.165) is 38.9 Å². The van der Waals surface area contributed by atoms with Crippen LogP contribution in [0.4, 0.5) is 5.69 Å². The Morgan fingerprint density at radius 1 is 1.19 bits per heavy atom. The molecule has 26 heavy (non-hydrogen) atoms. The molecule has 0 unspecified atom stereocenters. The summed E-state index contributed by atoms with van der Waals surface area (Å²) in [5.41, 5.74) is 8.19. The Hall–Kier alpha value is -2.04. The van der Waals surface area contributed by atoms with Crippen molar-refractivity contribution in [3.8, 4) is 0 Å². The van der Waals surface area contributed by atoms with Crippen LogP contribution in [0.3, 0.4) is 0 Å². The lowest BCUT2D eigenvalue weighted by atomic mass is 10.0. The first-order valence-electron chi connectivity index (χ1n) is 9.13. The van der Waals surface area contributed by atoms with Crippen LogP contribution in [0.25, 0.3) is 0 Å². The van der Waals surface area contributed by atoms with Gasteiger partial charge in [-0.15, -0.1) is 0 Å². The molecule has 5 heteroatoms. The van der Waals surface area contributed by atoms with Crippen molar-refractivity contribution in [2.75, 3.05) is 32.4 Å². The molecular weight excluding hydrogens is 346 g/mol. The second-order valence-corrected chi connectivity index (χ2v) is 7.39. The van der Waals surface area contributed by atoms with Crippen molar-refractivity contribution in [3.05, 3.63) is 64.7 Å². The summed E-state index contributed by atoms with van der Waals surface area (Å²) in [6.45, 7) is 2.56. The Bertz CT molecular complexity index is 742. The van der Waals surface area contributed by atoms with Crippen LogP contribution in [0.15, 0.2) is 48.5 Å². The Morgan fingerprint density at radius 2 is 1.88 bits per heavy atom. The van der Waals surface area contributed by atoms with Crippen LogP contribution < -0.4 is 5.73 Å². The molecule has 0 aliphatic carbocycles. The number of benzene rings is 2. The van der Waals surface area contributed by atoms with Crippen molar-refractivity contribution in [2.45, 2.75) is 25.3 Å². The highest BCUT2D eigenvalue weighted by molar-refractivity contribution is 6.34. The number of carbonyl (C=O) groups excluding carboxylic acids is 1. The van der Waals surface area contributed by atoms with Crippen LogP contribution in [0.1, 0.15) is 28.8 Å². The first kappa shape index (κ1) is 18.7. The van der Waals surface area contributed by atoms with Crippen LogP contribution in [0.5, 0.6) is 0 Å². The van der Waals surface area contributed by atoms with Gasteiger partial charge >= 0.3 is 0 Å². The number of anilines is 1. The maximum Gasteiger partial charge on any atom is 0.255 e. The van der Waals surface area contributed by atoms with E-state index >= 15 is 0 Å². The standard InChI is InChI=1S/C21H26ClN3O/c1-24(12-9-16-5-3-2-4-6-16)18-10-13-25(14-11-18)21(26)19-8-7-17(23)15-20(19)22/h2-8,15,18H,9-14,23H2,1H3. The van der Waals surface area contributed by atoms with E-state index < -0.39 is 0 Å². The molecule has 2 aromatic rings. The molecule has 1 heterocycles. The number of rotatable bonds is 5. The van der Waals surface area contributed by atoms with Crippen molar-refractivity contribution in [2.24, 2.45) is 0 Å². The van der Waals surface area contributed by atoms with Gasteiger partial charge in [-0.1, -0.05) is 41.9 Å². The third kappa shape index (κ3) is 4.57. The van der Waals surface area contributed by atoms with Gasteiger partial charge in [0.05, 0.1) is 10.6 Å². The smallest absolute Gasteiger partial charge is 0.255 e. The molecular formula is C21H26ClN3O. The number of piperidine rings is 1. The predicted molar refractivity (Wildman–Crippen MR) is 108 cm³/mol. The number of nitrogens with zero attached hydrogens (tertiary/aromatic N) is 2. The number of hydrogen-bond acceptors (Lipinski definition) is 3. The normalized spacial score (nSPS) is 15.4. The monoisotopic (exact) mass is 371 g/mol. The minimum absolute atomic E-state index is 0.000360. The maximum atomic E-state index is 12.7. The summed E-state index contributed by atoms with van der Waals surface area (Å²) < 4.78 is 0. The summed E-state index contributed by atoms with van der Waals surface area (Å²) in [5, 5.41) is 0.428. The van der Waals surface area contributed by atoms with Crippen molar-refractivity contribution >= 4 is 23.2 Å². The van der Waals surface area contributed by atoms with Gasteiger partial charge in [0.25, 0.3) is 5.91 Å². The minimum atomic E-state index is 0.000360. The maximum absolute atomic E-state index is 12.7. The zero-order chi connectivity index (χ0) is 18.5. The second kappa shape index (κ2) is 8.56. The Labute approximate surface area is 160 Å². The van der Waals surface area contributed by atoms with Crippen LogP contribution in [-0.4, -0.2) is 48.4 Å². The topological polar surface area (TPSA) is 49.6 Å². The molecule has 1 amide bonds. The molecule has 1 aliphatic rings. The first-order chi connectivity index (χ1) is 12.5. The van der Waals surface area contributed by atoms with Crippen LogP contribution in [0.2, 0.25) is 5.02 Å². The zero-order valence-electron chi connectivity index (χ0n) is 15.2. The molecule has 2 aromatic carbocycles. The van der Waals surface area contributed by atoms with Gasteiger partial charge in [0.1, 0.15) is 0 Å². The fourth-order valence-corrected chi connectivity index (χ4v) is 3.79. The summed E-state index contributed by atoms with van der Waals surface area (Å²) >= 11 is 6.19. The number of nitrogen functional groups attached to an aromatic ring is 1. The summed E-state index contributed by atoms with van der Waals surface area (Å²) in [5.74, 6) is 0.000360. The van der Waals surface area contributed by atoms with E-state index in [2.05, 4.69) is 36.2 Å². The van der Waals surface area contributed by atoms with Crippen LogP contribution in [0, 0.1) is 0 Å². The number of likely N-dealkylation sites (N-methyl/N-ethyl adjacent to an activating group) is 1. The van der Waals surface area contributed by atoms with E-state index in [9.17, 15) is 4.79 Å². The highest BCUT2D eigenvalue weighted by Crippen LogP contribution is 2.23. The molecule has 1 fully saturated rings. The number of halogens is 1. The van der Waals surface area contributed by atoms with E-state index in [0.29, 0.717) is 22.3 Å². The lowest BCUT2D eigenvalue weighted by molar-refractivity contribution is 0.0647. The molecule has 0 aromatic heterocycles. The van der Waals surface area contributed by atoms with Crippen LogP contribution >= 0.6 is 11.6 Å². The van der Waals surface area contributed by atoms with Gasteiger partial charge in [0.15, 0.2) is 0 Å². The molecule has 138 valence electrons. The summed E-state index contributed by atoms with van der Waals surface area (Å²) in [6.07, 6.45) is 3.03. The number of nitrogens with two attached hydrogens (primary N) is 1. The van der Waals surface area contributed by atoms with Crippen molar-refractivity contribution in [1.29, 1.82) is 0 Å². The quantitative estimate of drug-likeness (QED) is 0.815. The van der Waals surface area contributed by atoms with E-state index in [4.69, 9.17) is 17.3 Å². The molecule has 0 atom stereocenters. The van der Waals surface area contributed by atoms with Gasteiger partial charge in [0.2, 0.25) is 0 Å². The second-order valence-electron chi connectivity index (χ2n) is 6.98. The van der Waals surface area contributed by atoms with E-state index in [-0.39, 0.29) is 5.91 Å². The number of likely N-dealkylation sites (tertiary alicyclic amines) is 1. The molecule has 0 spiro atoms. The molecule has 3 rings (SSSR count). The Balaban J connectivity index is 1.51. The molecule has 0 bridgehead atoms. The number of amides is 1. The average Bonchev–Trinajstić information content (AvgIpc) is 2.66. The van der Waals surface area contributed by atoms with Gasteiger partial charge in [-0.25, -0.2) is 0 Å². The Morgan fingerprint density at radius 3 is 2.54 bits per heavy atom. The van der Waals surface area contributed by atoms with Gasteiger partial charge in [-0.2, -0.15) is 0 Å². The van der Waals surface area contributed by atoms with E-state index in [1.165, 1.54) is 5.56 Å². The van der Waals surface area contributed by atoms with Gasteiger partial charge in [-0.3, -0.25) is 4.79 Å². The fraction of sp³-hybridized carbons (Fsp3) is 0.381. The summed E-state index contributed by atoms with van der Waals surface area (Å²) in [7, 11) is 2.18. The van der Waals surface area contributed by atoms with E-state index in [1.807, 2.05) is 11.0 Å². The minimum Gasteiger partial charge on any atom is -0.399 e. The fourth-order valence-electron chi connectivity index (χ4n) is 3.52. The largest absolute Gasteiger partial charge is 0.399 e. The van der Waals surface area contributed by atoms with Gasteiger partial charge in [0, 0.05) is 31.4 Å². The molecule has 4 nitrogen and oxygen atoms in total. The van der Waals surface area contributed by atoms with Crippen molar-refractivity contribution in [3.63, 3.8) is 0 Å². The van der Waals surface area contributed by atoms with Crippen LogP contribution in [-0.2, 0) is 6.42 Å². The average molecular weight is 372 g/mol. The van der Waals surface area contributed by atoms with E-state index in [1.54, 1.807) is 18.2 Å². The lowest BCUT2D eigenvalue weighted by Gasteiger charge is -2.37. The summed E-state index contributed by atoms with van der Waals surface area (Å²) in [4.78, 5) is 17.0. The molecule has 0 saturated carbocycles. The van der Waals surface area contributed by atoms with Crippen molar-refractivity contribution < 1.29 is 4.79 Å². The predicted octanol–water partition coefficient (Wildman–Crippen LogP) is 3.70. The SMILES string of the molecule is CN(CCc1ccccc1)C1CCN(C(=O)c2ccc(N)cc2Cl)CC1. The molecule has 1 saturated heterocycles. The summed E-state index contributed by atoms with van der Waals surface area (Å²) in [6, 6.07) is 16.2. The zero-order valence-corrected chi connectivity index (χ0v) is 16.0. The van der Waals surface area contributed by atoms with Crippen molar-refractivity contribution in [1.82, 2.24) is 9.80 Å².